The predicted molar refractivity (Wildman–Crippen MR) is 86.5 cm³/mol. The van der Waals surface area contributed by atoms with E-state index < -0.39 is 0 Å². The maximum atomic E-state index is 8.91. The first-order valence-corrected chi connectivity index (χ1v) is 7.60. The summed E-state index contributed by atoms with van der Waals surface area (Å²) < 4.78 is 1.95. The monoisotopic (exact) mass is 343 g/mol. The number of thiazole rings is 1. The summed E-state index contributed by atoms with van der Waals surface area (Å²) in [6.07, 6.45) is 0. The molecule has 0 aliphatic rings. The molecule has 0 saturated carbocycles. The molecular weight excluding hydrogens is 334 g/mol. The topological polar surface area (TPSA) is 48.7 Å². The summed E-state index contributed by atoms with van der Waals surface area (Å²) in [5.41, 5.74) is 3.76. The van der Waals surface area contributed by atoms with Crippen molar-refractivity contribution in [1.82, 2.24) is 4.98 Å². The van der Waals surface area contributed by atoms with Crippen LogP contribution in [0, 0.1) is 18.3 Å². The Labute approximate surface area is 129 Å². The van der Waals surface area contributed by atoms with Crippen LogP contribution in [-0.4, -0.2) is 4.98 Å². The molecule has 98 valence electrons. The van der Waals surface area contributed by atoms with Gasteiger partial charge in [0.25, 0.3) is 0 Å². The number of aromatic nitrogens is 1. The Morgan fingerprint density at radius 1 is 1.25 bits per heavy atom. The van der Waals surface area contributed by atoms with Crippen molar-refractivity contribution in [3.8, 4) is 6.07 Å². The molecule has 0 amide bonds. The third kappa shape index (κ3) is 2.53. The van der Waals surface area contributed by atoms with E-state index in [1.54, 1.807) is 17.4 Å². The van der Waals surface area contributed by atoms with Gasteiger partial charge in [0, 0.05) is 10.2 Å². The largest absolute Gasteiger partial charge is 0.331 e. The zero-order chi connectivity index (χ0) is 14.1. The number of benzene rings is 2. The summed E-state index contributed by atoms with van der Waals surface area (Å²) >= 11 is 5.00. The van der Waals surface area contributed by atoms with E-state index in [-0.39, 0.29) is 0 Å². The Hall–Kier alpha value is -1.90. The second-order valence-corrected chi connectivity index (χ2v) is 6.31. The van der Waals surface area contributed by atoms with Gasteiger partial charge in [-0.15, -0.1) is 0 Å². The molecule has 0 saturated heterocycles. The molecule has 3 aromatic rings. The maximum Gasteiger partial charge on any atom is 0.188 e. The number of rotatable bonds is 2. The number of hydrogen-bond donors (Lipinski definition) is 1. The van der Waals surface area contributed by atoms with Crippen LogP contribution in [0.4, 0.5) is 10.8 Å². The van der Waals surface area contributed by atoms with Crippen LogP contribution in [0.25, 0.3) is 10.2 Å². The van der Waals surface area contributed by atoms with Gasteiger partial charge in [0.15, 0.2) is 5.13 Å². The Kier molecular flexibility index (Phi) is 3.43. The third-order valence-corrected chi connectivity index (χ3v) is 4.47. The van der Waals surface area contributed by atoms with E-state index in [0.717, 1.165) is 20.8 Å². The predicted octanol–water partition coefficient (Wildman–Crippen LogP) is 4.98. The molecule has 20 heavy (non-hydrogen) atoms. The van der Waals surface area contributed by atoms with Crippen LogP contribution in [0.1, 0.15) is 11.1 Å². The van der Waals surface area contributed by atoms with Crippen LogP contribution in [0.3, 0.4) is 0 Å². The second-order valence-electron chi connectivity index (χ2n) is 4.42. The summed E-state index contributed by atoms with van der Waals surface area (Å²) in [6, 6.07) is 13.9. The number of hydrogen-bond acceptors (Lipinski definition) is 4. The molecule has 0 spiro atoms. The fourth-order valence-electron chi connectivity index (χ4n) is 1.89. The molecule has 2 aromatic carbocycles. The lowest BCUT2D eigenvalue weighted by atomic mass is 10.2. The molecule has 1 N–H and O–H groups in total. The first-order chi connectivity index (χ1) is 9.65. The van der Waals surface area contributed by atoms with Gasteiger partial charge in [-0.2, -0.15) is 5.26 Å². The minimum absolute atomic E-state index is 0.621. The van der Waals surface area contributed by atoms with Gasteiger partial charge < -0.3 is 5.32 Å². The first kappa shape index (κ1) is 13.1. The number of nitrogens with one attached hydrogen (secondary N) is 1. The third-order valence-electron chi connectivity index (χ3n) is 2.88. The molecule has 0 radical (unpaired) electrons. The average Bonchev–Trinajstić information content (AvgIpc) is 2.80. The zero-order valence-electron chi connectivity index (χ0n) is 10.6. The highest BCUT2D eigenvalue weighted by Gasteiger charge is 2.06. The molecule has 0 aliphatic carbocycles. The van der Waals surface area contributed by atoms with Crippen molar-refractivity contribution in [2.75, 3.05) is 5.32 Å². The Balaban J connectivity index is 1.93. The van der Waals surface area contributed by atoms with Gasteiger partial charge in [-0.05, 0) is 58.7 Å². The number of aryl methyl sites for hydroxylation is 1. The Morgan fingerprint density at radius 2 is 2.10 bits per heavy atom. The second kappa shape index (κ2) is 5.23. The minimum atomic E-state index is 0.621. The lowest BCUT2D eigenvalue weighted by Crippen LogP contribution is -1.89. The lowest BCUT2D eigenvalue weighted by molar-refractivity contribution is 1.42. The molecule has 0 atom stereocenters. The van der Waals surface area contributed by atoms with E-state index in [1.807, 2.05) is 18.2 Å². The normalized spacial score (nSPS) is 10.4. The van der Waals surface area contributed by atoms with Crippen molar-refractivity contribution in [2.24, 2.45) is 0 Å². The molecule has 5 heteroatoms. The lowest BCUT2D eigenvalue weighted by Gasteiger charge is -2.03. The van der Waals surface area contributed by atoms with Crippen LogP contribution in [0.15, 0.2) is 40.9 Å². The van der Waals surface area contributed by atoms with Crippen molar-refractivity contribution < 1.29 is 0 Å². The van der Waals surface area contributed by atoms with Crippen molar-refractivity contribution in [3.63, 3.8) is 0 Å². The summed E-state index contributed by atoms with van der Waals surface area (Å²) in [5, 5.41) is 13.0. The van der Waals surface area contributed by atoms with E-state index in [4.69, 9.17) is 5.26 Å². The zero-order valence-corrected chi connectivity index (χ0v) is 13.0. The Morgan fingerprint density at radius 3 is 2.85 bits per heavy atom. The minimum Gasteiger partial charge on any atom is -0.331 e. The molecule has 3 rings (SSSR count). The first-order valence-electron chi connectivity index (χ1n) is 5.99. The van der Waals surface area contributed by atoms with Crippen LogP contribution in [0.2, 0.25) is 0 Å². The van der Waals surface area contributed by atoms with E-state index >= 15 is 0 Å². The van der Waals surface area contributed by atoms with E-state index in [1.165, 1.54) is 10.3 Å². The number of halogens is 1. The SMILES string of the molecule is Cc1ccc2nc(Nc3ccc(C#N)c(Br)c3)sc2c1. The molecule has 3 nitrogen and oxygen atoms in total. The van der Waals surface area contributed by atoms with E-state index in [0.29, 0.717) is 5.56 Å². The van der Waals surface area contributed by atoms with Crippen molar-refractivity contribution in [1.29, 1.82) is 5.26 Å². The number of fused-ring (bicyclic) bond motifs is 1. The van der Waals surface area contributed by atoms with Gasteiger partial charge >= 0.3 is 0 Å². The van der Waals surface area contributed by atoms with Gasteiger partial charge in [0.1, 0.15) is 6.07 Å². The van der Waals surface area contributed by atoms with Gasteiger partial charge in [0.05, 0.1) is 15.8 Å². The molecular formula is C15H10BrN3S. The molecule has 0 unspecified atom stereocenters. The fourth-order valence-corrected chi connectivity index (χ4v) is 3.34. The summed E-state index contributed by atoms with van der Waals surface area (Å²) in [7, 11) is 0. The molecule has 1 heterocycles. The van der Waals surface area contributed by atoms with E-state index in [9.17, 15) is 0 Å². The van der Waals surface area contributed by atoms with Crippen molar-refractivity contribution >= 4 is 48.3 Å². The Bertz CT molecular complexity index is 833. The van der Waals surface area contributed by atoms with Crippen molar-refractivity contribution in [2.45, 2.75) is 6.92 Å². The standard InChI is InChI=1S/C15H10BrN3S/c1-9-2-5-13-14(6-9)20-15(19-13)18-11-4-3-10(8-17)12(16)7-11/h2-7H,1H3,(H,18,19). The van der Waals surface area contributed by atoms with Crippen LogP contribution in [-0.2, 0) is 0 Å². The van der Waals surface area contributed by atoms with E-state index in [2.05, 4.69) is 51.4 Å². The maximum absolute atomic E-state index is 8.91. The number of nitrogens with zero attached hydrogens (tertiary/aromatic N) is 2. The molecule has 0 fully saturated rings. The van der Waals surface area contributed by atoms with Crippen LogP contribution in [0.5, 0.6) is 0 Å². The van der Waals surface area contributed by atoms with Gasteiger partial charge in [0.2, 0.25) is 0 Å². The summed E-state index contributed by atoms with van der Waals surface area (Å²) in [4.78, 5) is 4.55. The van der Waals surface area contributed by atoms with Gasteiger partial charge in [-0.3, -0.25) is 0 Å². The highest BCUT2D eigenvalue weighted by Crippen LogP contribution is 2.30. The number of anilines is 2. The summed E-state index contributed by atoms with van der Waals surface area (Å²) in [6.45, 7) is 2.07. The van der Waals surface area contributed by atoms with Gasteiger partial charge in [-0.25, -0.2) is 4.98 Å². The van der Waals surface area contributed by atoms with Gasteiger partial charge in [-0.1, -0.05) is 17.4 Å². The highest BCUT2D eigenvalue weighted by atomic mass is 79.9. The molecule has 0 aliphatic heterocycles. The fraction of sp³-hybridized carbons (Fsp3) is 0.0667. The highest BCUT2D eigenvalue weighted by molar-refractivity contribution is 9.10. The molecule has 1 aromatic heterocycles. The van der Waals surface area contributed by atoms with Crippen LogP contribution >= 0.6 is 27.3 Å². The summed E-state index contributed by atoms with van der Waals surface area (Å²) in [5.74, 6) is 0. The molecule has 0 bridgehead atoms. The number of nitriles is 1. The van der Waals surface area contributed by atoms with Crippen LogP contribution < -0.4 is 5.32 Å². The average molecular weight is 344 g/mol. The van der Waals surface area contributed by atoms with Crippen molar-refractivity contribution in [3.05, 3.63) is 52.0 Å². The smallest absolute Gasteiger partial charge is 0.188 e. The quantitative estimate of drug-likeness (QED) is 0.713.